The zero-order valence-corrected chi connectivity index (χ0v) is 16.8. The highest BCUT2D eigenvalue weighted by Gasteiger charge is 2.26. The van der Waals surface area contributed by atoms with Gasteiger partial charge in [0.05, 0.1) is 15.9 Å². The molecule has 158 valence electrons. The van der Waals surface area contributed by atoms with Crippen molar-refractivity contribution in [1.82, 2.24) is 14.3 Å². The number of carbonyl (C=O) groups excluding carboxylic acids is 1. The van der Waals surface area contributed by atoms with Crippen LogP contribution in [-0.2, 0) is 10.0 Å². The number of rotatable bonds is 5. The molecule has 1 aliphatic rings. The fourth-order valence-electron chi connectivity index (χ4n) is 3.47. The monoisotopic (exact) mass is 434 g/mol. The van der Waals surface area contributed by atoms with Crippen LogP contribution in [0.5, 0.6) is 0 Å². The van der Waals surface area contributed by atoms with Gasteiger partial charge in [0.1, 0.15) is 0 Å². The van der Waals surface area contributed by atoms with Gasteiger partial charge in [-0.2, -0.15) is 4.31 Å². The fourth-order valence-corrected chi connectivity index (χ4v) is 5.03. The van der Waals surface area contributed by atoms with E-state index in [9.17, 15) is 22.0 Å². The van der Waals surface area contributed by atoms with Crippen molar-refractivity contribution in [3.05, 3.63) is 53.9 Å². The third kappa shape index (κ3) is 4.05. The highest BCUT2D eigenvalue weighted by Crippen LogP contribution is 2.24. The quantitative estimate of drug-likeness (QED) is 0.636. The molecular formula is C20H20F2N4O3S. The van der Waals surface area contributed by atoms with E-state index in [4.69, 9.17) is 0 Å². The number of hydrogen-bond acceptors (Lipinski definition) is 4. The highest BCUT2D eigenvalue weighted by atomic mass is 32.2. The van der Waals surface area contributed by atoms with E-state index in [1.54, 1.807) is 12.1 Å². The molecule has 0 bridgehead atoms. The number of piperidine rings is 1. The Bertz CT molecular complexity index is 1190. The summed E-state index contributed by atoms with van der Waals surface area (Å²) in [7, 11) is -3.62. The molecule has 1 amide bonds. The molecule has 30 heavy (non-hydrogen) atoms. The number of nitrogens with zero attached hydrogens (tertiary/aromatic N) is 2. The average molecular weight is 434 g/mol. The largest absolute Gasteiger partial charge is 0.337 e. The van der Waals surface area contributed by atoms with E-state index < -0.39 is 28.2 Å². The summed E-state index contributed by atoms with van der Waals surface area (Å²) in [5, 5.41) is 2.66. The predicted octanol–water partition coefficient (Wildman–Crippen LogP) is 3.93. The van der Waals surface area contributed by atoms with Crippen molar-refractivity contribution in [2.24, 2.45) is 0 Å². The van der Waals surface area contributed by atoms with Crippen molar-refractivity contribution >= 4 is 32.7 Å². The molecule has 4 rings (SSSR count). The maximum Gasteiger partial charge on any atom is 0.295 e. The maximum absolute atomic E-state index is 12.8. The molecular weight excluding hydrogens is 414 g/mol. The molecule has 0 atom stereocenters. The number of H-pyrrole nitrogens is 1. The summed E-state index contributed by atoms with van der Waals surface area (Å²) in [5.41, 5.74) is 1.21. The maximum atomic E-state index is 12.8. The lowest BCUT2D eigenvalue weighted by Crippen LogP contribution is -2.35. The highest BCUT2D eigenvalue weighted by molar-refractivity contribution is 7.89. The number of imidazole rings is 1. The van der Waals surface area contributed by atoms with Gasteiger partial charge < -0.3 is 10.3 Å². The predicted molar refractivity (Wildman–Crippen MR) is 108 cm³/mol. The number of hydrogen-bond donors (Lipinski definition) is 2. The summed E-state index contributed by atoms with van der Waals surface area (Å²) in [6, 6.07) is 10.5. The zero-order valence-electron chi connectivity index (χ0n) is 15.9. The van der Waals surface area contributed by atoms with Crippen molar-refractivity contribution in [2.45, 2.75) is 30.6 Å². The minimum atomic E-state index is -3.62. The van der Waals surface area contributed by atoms with Crippen LogP contribution in [0.15, 0.2) is 47.4 Å². The molecule has 1 aliphatic heterocycles. The average Bonchev–Trinajstić information content (AvgIpc) is 3.18. The summed E-state index contributed by atoms with van der Waals surface area (Å²) in [4.78, 5) is 19.0. The Kier molecular flexibility index (Phi) is 5.52. The molecule has 0 spiro atoms. The number of halogens is 2. The number of carbonyl (C=O) groups is 1. The van der Waals surface area contributed by atoms with Gasteiger partial charge in [-0.25, -0.2) is 22.2 Å². The van der Waals surface area contributed by atoms with E-state index in [-0.39, 0.29) is 10.5 Å². The van der Waals surface area contributed by atoms with Crippen LogP contribution >= 0.6 is 0 Å². The van der Waals surface area contributed by atoms with Crippen LogP contribution in [0.25, 0.3) is 11.0 Å². The molecule has 2 aromatic carbocycles. The molecule has 0 unspecified atom stereocenters. The SMILES string of the molecule is O=C(Nc1cccc(S(=O)(=O)N2CCCCC2)c1)c1ccc2nc(C(F)F)[nH]c2c1. The lowest BCUT2D eigenvalue weighted by Gasteiger charge is -2.26. The van der Waals surface area contributed by atoms with Gasteiger partial charge in [-0.1, -0.05) is 12.5 Å². The number of aromatic nitrogens is 2. The Morgan fingerprint density at radius 3 is 2.60 bits per heavy atom. The molecule has 0 saturated carbocycles. The second-order valence-electron chi connectivity index (χ2n) is 7.10. The lowest BCUT2D eigenvalue weighted by atomic mass is 10.2. The van der Waals surface area contributed by atoms with Crippen molar-refractivity contribution in [2.75, 3.05) is 18.4 Å². The van der Waals surface area contributed by atoms with Crippen LogP contribution in [0.4, 0.5) is 14.5 Å². The van der Waals surface area contributed by atoms with Crippen LogP contribution in [0.3, 0.4) is 0 Å². The van der Waals surface area contributed by atoms with Crippen LogP contribution < -0.4 is 5.32 Å². The minimum absolute atomic E-state index is 0.118. The molecule has 3 aromatic rings. The van der Waals surface area contributed by atoms with Gasteiger partial charge in [-0.15, -0.1) is 0 Å². The molecule has 0 aliphatic carbocycles. The van der Waals surface area contributed by atoms with Gasteiger partial charge in [-0.3, -0.25) is 4.79 Å². The van der Waals surface area contributed by atoms with Crippen LogP contribution in [0.2, 0.25) is 0 Å². The summed E-state index contributed by atoms with van der Waals surface area (Å²) >= 11 is 0. The van der Waals surface area contributed by atoms with E-state index >= 15 is 0 Å². The van der Waals surface area contributed by atoms with E-state index in [1.165, 1.54) is 34.6 Å². The number of nitrogens with one attached hydrogen (secondary N) is 2. The fraction of sp³-hybridized carbons (Fsp3) is 0.300. The number of anilines is 1. The van der Waals surface area contributed by atoms with E-state index in [2.05, 4.69) is 15.3 Å². The van der Waals surface area contributed by atoms with Crippen molar-refractivity contribution in [3.63, 3.8) is 0 Å². The normalized spacial score (nSPS) is 15.6. The Labute approximate surface area is 172 Å². The van der Waals surface area contributed by atoms with Crippen LogP contribution in [0.1, 0.15) is 41.9 Å². The molecule has 0 radical (unpaired) electrons. The van der Waals surface area contributed by atoms with Crippen molar-refractivity contribution < 1.29 is 22.0 Å². The number of amides is 1. The van der Waals surface area contributed by atoms with Gasteiger partial charge >= 0.3 is 0 Å². The number of alkyl halides is 2. The summed E-state index contributed by atoms with van der Waals surface area (Å²) < 4.78 is 52.7. The summed E-state index contributed by atoms with van der Waals surface area (Å²) in [5.74, 6) is -0.948. The van der Waals surface area contributed by atoms with E-state index in [0.717, 1.165) is 19.3 Å². The Morgan fingerprint density at radius 1 is 1.10 bits per heavy atom. The van der Waals surface area contributed by atoms with Gasteiger partial charge in [0.15, 0.2) is 5.82 Å². The third-order valence-electron chi connectivity index (χ3n) is 5.01. The van der Waals surface area contributed by atoms with Crippen molar-refractivity contribution in [3.8, 4) is 0 Å². The number of fused-ring (bicyclic) bond motifs is 1. The molecule has 10 heteroatoms. The minimum Gasteiger partial charge on any atom is -0.337 e. The van der Waals surface area contributed by atoms with Gasteiger partial charge in [-0.05, 0) is 49.2 Å². The Morgan fingerprint density at radius 2 is 1.87 bits per heavy atom. The van der Waals surface area contributed by atoms with Gasteiger partial charge in [0.2, 0.25) is 10.0 Å². The molecule has 1 saturated heterocycles. The molecule has 2 heterocycles. The topological polar surface area (TPSA) is 95.2 Å². The molecule has 1 fully saturated rings. The van der Waals surface area contributed by atoms with Crippen LogP contribution in [0, 0.1) is 0 Å². The first-order valence-corrected chi connectivity index (χ1v) is 11.0. The second-order valence-corrected chi connectivity index (χ2v) is 9.04. The summed E-state index contributed by atoms with van der Waals surface area (Å²) in [6.45, 7) is 0.980. The van der Waals surface area contributed by atoms with Gasteiger partial charge in [0, 0.05) is 24.3 Å². The Balaban J connectivity index is 1.55. The number of sulfonamides is 1. The van der Waals surface area contributed by atoms with Crippen molar-refractivity contribution in [1.29, 1.82) is 0 Å². The molecule has 7 nitrogen and oxygen atoms in total. The standard InChI is InChI=1S/C20H20F2N4O3S/c21-18(22)19-24-16-8-7-13(11-17(16)25-19)20(27)23-14-5-4-6-15(12-14)30(28,29)26-9-2-1-3-10-26/h4-8,11-12,18H,1-3,9-10H2,(H,23,27)(H,24,25). The smallest absolute Gasteiger partial charge is 0.295 e. The molecule has 1 aromatic heterocycles. The number of aromatic amines is 1. The van der Waals surface area contributed by atoms with Crippen LogP contribution in [-0.4, -0.2) is 41.7 Å². The van der Waals surface area contributed by atoms with E-state index in [0.29, 0.717) is 29.8 Å². The second kappa shape index (κ2) is 8.11. The van der Waals surface area contributed by atoms with E-state index in [1.807, 2.05) is 0 Å². The summed E-state index contributed by atoms with van der Waals surface area (Å²) in [6.07, 6.45) is -0.0566. The first kappa shape index (κ1) is 20.4. The Hall–Kier alpha value is -2.85. The van der Waals surface area contributed by atoms with Gasteiger partial charge in [0.25, 0.3) is 12.3 Å². The third-order valence-corrected chi connectivity index (χ3v) is 6.91. The first-order chi connectivity index (χ1) is 14.3. The number of benzene rings is 2. The first-order valence-electron chi connectivity index (χ1n) is 9.54. The lowest BCUT2D eigenvalue weighted by molar-refractivity contribution is 0.102. The zero-order chi connectivity index (χ0) is 21.3. The molecule has 2 N–H and O–H groups in total.